The van der Waals surface area contributed by atoms with E-state index in [9.17, 15) is 4.79 Å². The minimum Gasteiger partial charge on any atom is -0.468 e. The number of methoxy groups -OCH3 is 3. The molecule has 2 rings (SSSR count). The second-order valence-electron chi connectivity index (χ2n) is 8.95. The van der Waals surface area contributed by atoms with Crippen LogP contribution in [0.3, 0.4) is 0 Å². The van der Waals surface area contributed by atoms with E-state index in [2.05, 4.69) is 32.9 Å². The summed E-state index contributed by atoms with van der Waals surface area (Å²) < 4.78 is 32.1. The van der Waals surface area contributed by atoms with Crippen LogP contribution in [0.4, 0.5) is 0 Å². The lowest BCUT2D eigenvalue weighted by Crippen LogP contribution is -2.08. The second-order valence-corrected chi connectivity index (χ2v) is 8.95. The highest BCUT2D eigenvalue weighted by atomic mass is 16.7. The van der Waals surface area contributed by atoms with E-state index in [1.54, 1.807) is 26.4 Å². The van der Waals surface area contributed by atoms with Gasteiger partial charge in [-0.15, -0.1) is 0 Å². The first-order valence-corrected chi connectivity index (χ1v) is 12.5. The van der Waals surface area contributed by atoms with Gasteiger partial charge in [-0.2, -0.15) is 0 Å². The predicted molar refractivity (Wildman–Crippen MR) is 150 cm³/mol. The average molecular weight is 525 g/mol. The number of hydrogen-bond donors (Lipinski definition) is 0. The highest BCUT2D eigenvalue weighted by molar-refractivity contribution is 6.09. The van der Waals surface area contributed by atoms with E-state index in [1.165, 1.54) is 24.3 Å². The van der Waals surface area contributed by atoms with E-state index >= 15 is 0 Å². The molecule has 0 amide bonds. The molecule has 0 unspecified atom stereocenters. The van der Waals surface area contributed by atoms with Crippen LogP contribution in [-0.2, 0) is 20.6 Å². The zero-order chi connectivity index (χ0) is 27.8. The van der Waals surface area contributed by atoms with E-state index in [4.69, 9.17) is 28.4 Å². The summed E-state index contributed by atoms with van der Waals surface area (Å²) in [6.45, 7) is 6.58. The lowest BCUT2D eigenvalue weighted by Gasteiger charge is -2.16. The molecule has 0 saturated heterocycles. The molecule has 0 bridgehead atoms. The first-order chi connectivity index (χ1) is 18.4. The third-order valence-electron chi connectivity index (χ3n) is 5.51. The summed E-state index contributed by atoms with van der Waals surface area (Å²) >= 11 is 0. The summed E-state index contributed by atoms with van der Waals surface area (Å²) in [5.74, 6) is 1.47. The van der Waals surface area contributed by atoms with Crippen molar-refractivity contribution in [1.82, 2.24) is 0 Å². The van der Waals surface area contributed by atoms with Crippen molar-refractivity contribution in [2.75, 3.05) is 41.7 Å². The molecule has 0 fully saturated rings. The lowest BCUT2D eigenvalue weighted by molar-refractivity contribution is 0.0452. The monoisotopic (exact) mass is 524 g/mol. The van der Waals surface area contributed by atoms with Crippen molar-refractivity contribution in [3.05, 3.63) is 82.5 Å². The van der Waals surface area contributed by atoms with Crippen LogP contribution in [-0.4, -0.2) is 47.5 Å². The number of carbonyl (C=O) groups excluding carboxylic acids is 1. The Morgan fingerprint density at radius 1 is 0.789 bits per heavy atom. The maximum absolute atomic E-state index is 13.3. The maximum Gasteiger partial charge on any atom is 0.189 e. The molecule has 0 aliphatic carbocycles. The summed E-state index contributed by atoms with van der Waals surface area (Å²) in [5, 5.41) is 0. The molecule has 0 heterocycles. The molecule has 2 aromatic rings. The van der Waals surface area contributed by atoms with E-state index in [-0.39, 0.29) is 26.2 Å². The third-order valence-corrected chi connectivity index (χ3v) is 5.51. The molecule has 0 N–H and O–H groups in total. The van der Waals surface area contributed by atoms with E-state index in [0.29, 0.717) is 29.2 Å². The number of allylic oxidation sites excluding steroid dienone is 5. The molecule has 206 valence electrons. The van der Waals surface area contributed by atoms with Gasteiger partial charge in [-0.05, 0) is 75.4 Å². The van der Waals surface area contributed by atoms with Gasteiger partial charge in [0, 0.05) is 27.4 Å². The SMILES string of the molecule is COCOc1ccc(/C=C/C(=O)c2cc(C/C=C(\C)CCC=C(C)C)c(OCOC)cc2OCOC)cc1. The van der Waals surface area contributed by atoms with Crippen LogP contribution in [0.1, 0.15) is 55.1 Å². The van der Waals surface area contributed by atoms with Crippen LogP contribution in [0.15, 0.2) is 65.8 Å². The van der Waals surface area contributed by atoms with Gasteiger partial charge in [0.15, 0.2) is 26.2 Å². The number of rotatable bonds is 17. The van der Waals surface area contributed by atoms with Gasteiger partial charge in [-0.25, -0.2) is 0 Å². The quantitative estimate of drug-likeness (QED) is 0.0979. The van der Waals surface area contributed by atoms with Gasteiger partial charge in [-0.1, -0.05) is 41.5 Å². The Bertz CT molecular complexity index is 1090. The Hall–Kier alpha value is -3.39. The molecule has 0 aliphatic rings. The minimum atomic E-state index is -0.195. The Morgan fingerprint density at radius 3 is 2.05 bits per heavy atom. The summed E-state index contributed by atoms with van der Waals surface area (Å²) in [4.78, 5) is 13.3. The number of ketones is 1. The van der Waals surface area contributed by atoms with Crippen LogP contribution in [0.25, 0.3) is 6.08 Å². The molecular formula is C31H40O7. The van der Waals surface area contributed by atoms with Crippen LogP contribution >= 0.6 is 0 Å². The predicted octanol–water partition coefficient (Wildman–Crippen LogP) is 6.77. The maximum atomic E-state index is 13.3. The fourth-order valence-electron chi connectivity index (χ4n) is 3.50. The van der Waals surface area contributed by atoms with Crippen molar-refractivity contribution in [2.45, 2.75) is 40.0 Å². The van der Waals surface area contributed by atoms with Gasteiger partial charge in [-0.3, -0.25) is 4.79 Å². The summed E-state index contributed by atoms with van der Waals surface area (Å²) in [6, 6.07) is 10.9. The first-order valence-electron chi connectivity index (χ1n) is 12.5. The summed E-state index contributed by atoms with van der Waals surface area (Å²) in [5.41, 5.74) is 4.73. The topological polar surface area (TPSA) is 72.5 Å². The molecule has 2 aromatic carbocycles. The van der Waals surface area contributed by atoms with Crippen LogP contribution in [0, 0.1) is 0 Å². The molecule has 0 aromatic heterocycles. The molecule has 0 aliphatic heterocycles. The summed E-state index contributed by atoms with van der Waals surface area (Å²) in [6.07, 6.45) is 10.3. The molecule has 0 saturated carbocycles. The molecule has 0 atom stereocenters. The van der Waals surface area contributed by atoms with E-state index < -0.39 is 0 Å². The fraction of sp³-hybridized carbons (Fsp3) is 0.387. The summed E-state index contributed by atoms with van der Waals surface area (Å²) in [7, 11) is 4.66. The van der Waals surface area contributed by atoms with Crippen LogP contribution in [0.5, 0.6) is 17.2 Å². The fourth-order valence-corrected chi connectivity index (χ4v) is 3.50. The molecule has 38 heavy (non-hydrogen) atoms. The van der Waals surface area contributed by atoms with Gasteiger partial charge in [0.2, 0.25) is 0 Å². The standard InChI is InChI=1S/C31H40O7/c1-23(2)8-7-9-24(3)10-14-26-18-28(31(38-22-35-6)19-30(26)37-21-34-5)29(32)17-13-25-11-15-27(16-12-25)36-20-33-4/h8,10-13,15-19H,7,9,14,20-22H2,1-6H3/b17-13+,24-10+. The van der Waals surface area contributed by atoms with Crippen molar-refractivity contribution < 1.29 is 33.2 Å². The van der Waals surface area contributed by atoms with E-state index in [0.717, 1.165) is 24.0 Å². The Labute approximate surface area is 226 Å². The van der Waals surface area contributed by atoms with Crippen molar-refractivity contribution in [3.63, 3.8) is 0 Å². The lowest BCUT2D eigenvalue weighted by atomic mass is 10.00. The van der Waals surface area contributed by atoms with Gasteiger partial charge in [0.1, 0.15) is 17.2 Å². The van der Waals surface area contributed by atoms with Crippen LogP contribution < -0.4 is 14.2 Å². The largest absolute Gasteiger partial charge is 0.468 e. The number of hydrogen-bond acceptors (Lipinski definition) is 7. The molecule has 7 nitrogen and oxygen atoms in total. The molecule has 7 heteroatoms. The van der Waals surface area contributed by atoms with Gasteiger partial charge in [0.05, 0.1) is 5.56 Å². The zero-order valence-corrected chi connectivity index (χ0v) is 23.4. The Morgan fingerprint density at radius 2 is 1.42 bits per heavy atom. The van der Waals surface area contributed by atoms with Crippen molar-refractivity contribution in [2.24, 2.45) is 0 Å². The normalized spacial score (nSPS) is 11.5. The smallest absolute Gasteiger partial charge is 0.189 e. The highest BCUT2D eigenvalue weighted by Gasteiger charge is 2.17. The number of benzene rings is 2. The van der Waals surface area contributed by atoms with Gasteiger partial charge >= 0.3 is 0 Å². The zero-order valence-electron chi connectivity index (χ0n) is 23.4. The van der Waals surface area contributed by atoms with Gasteiger partial charge < -0.3 is 28.4 Å². The van der Waals surface area contributed by atoms with E-state index in [1.807, 2.05) is 30.3 Å². The van der Waals surface area contributed by atoms with Crippen molar-refractivity contribution >= 4 is 11.9 Å². The highest BCUT2D eigenvalue weighted by Crippen LogP contribution is 2.31. The second kappa shape index (κ2) is 17.2. The number of ether oxygens (including phenoxy) is 6. The molecule has 0 spiro atoms. The number of carbonyl (C=O) groups is 1. The van der Waals surface area contributed by atoms with Crippen LogP contribution in [0.2, 0.25) is 0 Å². The first kappa shape index (κ1) is 30.8. The van der Waals surface area contributed by atoms with Crippen molar-refractivity contribution in [3.8, 4) is 17.2 Å². The Kier molecular flexibility index (Phi) is 13.9. The third kappa shape index (κ3) is 10.9. The Balaban J connectivity index is 2.33. The molecular weight excluding hydrogens is 484 g/mol. The minimum absolute atomic E-state index is 0.000626. The van der Waals surface area contributed by atoms with Crippen molar-refractivity contribution in [1.29, 1.82) is 0 Å². The average Bonchev–Trinajstić information content (AvgIpc) is 2.91. The molecule has 0 radical (unpaired) electrons. The van der Waals surface area contributed by atoms with Gasteiger partial charge in [0.25, 0.3) is 0 Å².